The Morgan fingerprint density at radius 2 is 1.95 bits per heavy atom. The molecule has 5 rings (SSSR count). The number of benzene rings is 1. The van der Waals surface area contributed by atoms with Crippen LogP contribution in [0.25, 0.3) is 11.3 Å². The zero-order chi connectivity index (χ0) is 25.3. The van der Waals surface area contributed by atoms with E-state index in [1.807, 2.05) is 36.4 Å². The van der Waals surface area contributed by atoms with E-state index in [-0.39, 0.29) is 12.2 Å². The van der Waals surface area contributed by atoms with Crippen LogP contribution < -0.4 is 10.1 Å². The van der Waals surface area contributed by atoms with E-state index in [0.29, 0.717) is 37.1 Å². The molecule has 9 nitrogen and oxygen atoms in total. The second kappa shape index (κ2) is 12.8. The summed E-state index contributed by atoms with van der Waals surface area (Å²) in [5.41, 5.74) is 3.06. The third-order valence-electron chi connectivity index (χ3n) is 6.67. The summed E-state index contributed by atoms with van der Waals surface area (Å²) in [6.45, 7) is 6.50. The molecule has 0 saturated carbocycles. The summed E-state index contributed by atoms with van der Waals surface area (Å²) in [6, 6.07) is 9.71. The van der Waals surface area contributed by atoms with Crippen molar-refractivity contribution in [2.24, 2.45) is 0 Å². The number of ether oxygens (including phenoxy) is 4. The average molecular weight is 504 g/mol. The van der Waals surface area contributed by atoms with Gasteiger partial charge in [-0.05, 0) is 30.3 Å². The fraction of sp³-hybridized carbons (Fsp3) is 0.464. The maximum absolute atomic E-state index is 9.72. The minimum absolute atomic E-state index is 0.0122. The van der Waals surface area contributed by atoms with E-state index in [9.17, 15) is 5.26 Å². The lowest BCUT2D eigenvalue weighted by Crippen LogP contribution is -2.38. The van der Waals surface area contributed by atoms with E-state index in [4.69, 9.17) is 23.9 Å². The van der Waals surface area contributed by atoms with Crippen molar-refractivity contribution in [2.45, 2.75) is 31.5 Å². The van der Waals surface area contributed by atoms with Crippen LogP contribution in [-0.4, -0.2) is 79.7 Å². The van der Waals surface area contributed by atoms with Crippen molar-refractivity contribution in [3.05, 3.63) is 60.0 Å². The summed E-state index contributed by atoms with van der Waals surface area (Å²) in [4.78, 5) is 11.5. The predicted octanol–water partition coefficient (Wildman–Crippen LogP) is 3.55. The topological polar surface area (TPSA) is 102 Å². The number of nitriles is 1. The molecular formula is C28H33N5O4. The summed E-state index contributed by atoms with van der Waals surface area (Å²) in [5, 5.41) is 13.1. The predicted molar refractivity (Wildman–Crippen MR) is 139 cm³/mol. The highest BCUT2D eigenvalue weighted by molar-refractivity contribution is 5.65. The molecule has 1 aromatic heterocycles. The molecule has 0 spiro atoms. The molecule has 1 aliphatic carbocycles. The maximum atomic E-state index is 9.72. The van der Waals surface area contributed by atoms with Crippen LogP contribution in [0.1, 0.15) is 24.8 Å². The van der Waals surface area contributed by atoms with Crippen molar-refractivity contribution in [2.75, 3.05) is 58.0 Å². The smallest absolute Gasteiger partial charge is 0.227 e. The van der Waals surface area contributed by atoms with Gasteiger partial charge in [0.05, 0.1) is 50.4 Å². The Bertz CT molecular complexity index is 1150. The Balaban J connectivity index is 1.18. The van der Waals surface area contributed by atoms with Crippen LogP contribution in [0.5, 0.6) is 5.75 Å². The van der Waals surface area contributed by atoms with Gasteiger partial charge >= 0.3 is 0 Å². The van der Waals surface area contributed by atoms with Gasteiger partial charge < -0.3 is 24.3 Å². The molecule has 3 heterocycles. The Hall–Kier alpha value is -3.29. The molecule has 194 valence electrons. The first-order valence-corrected chi connectivity index (χ1v) is 12.9. The Labute approximate surface area is 217 Å². The molecule has 37 heavy (non-hydrogen) atoms. The Kier molecular flexibility index (Phi) is 8.77. The van der Waals surface area contributed by atoms with Gasteiger partial charge in [0, 0.05) is 56.4 Å². The minimum atomic E-state index is 0.0122. The monoisotopic (exact) mass is 503 g/mol. The molecule has 1 atom stereocenters. The first kappa shape index (κ1) is 25.4. The molecule has 9 heteroatoms. The normalized spacial score (nSPS) is 20.7. The van der Waals surface area contributed by atoms with Crippen LogP contribution in [0.15, 0.2) is 54.4 Å². The van der Waals surface area contributed by atoms with Gasteiger partial charge in [-0.3, -0.25) is 4.90 Å². The summed E-state index contributed by atoms with van der Waals surface area (Å²) < 4.78 is 23.0. The number of aromatic nitrogens is 2. The van der Waals surface area contributed by atoms with Crippen LogP contribution in [0.4, 0.5) is 5.95 Å². The standard InChI is InChI=1S/C28H33N5O4/c29-20-22-18-21(4-5-27(22)37-24-7-13-34-14-8-24)26-6-9-30-28(32-26)31-23-2-1-3-25(19-23)36-17-12-33-10-15-35-16-11-33/h1-6,9,18,24-25H,7-8,10-17,19H2,(H,30,31,32). The lowest BCUT2D eigenvalue weighted by atomic mass is 10.1. The van der Waals surface area contributed by atoms with Gasteiger partial charge in [-0.1, -0.05) is 12.2 Å². The van der Waals surface area contributed by atoms with E-state index in [1.54, 1.807) is 6.20 Å². The first-order chi connectivity index (χ1) is 18.3. The maximum Gasteiger partial charge on any atom is 0.227 e. The zero-order valence-electron chi connectivity index (χ0n) is 21.0. The number of anilines is 1. The zero-order valence-corrected chi connectivity index (χ0v) is 21.0. The first-order valence-electron chi connectivity index (χ1n) is 12.9. The van der Waals surface area contributed by atoms with Gasteiger partial charge in [0.15, 0.2) is 0 Å². The third-order valence-corrected chi connectivity index (χ3v) is 6.67. The van der Waals surface area contributed by atoms with Crippen LogP contribution in [0.3, 0.4) is 0 Å². The van der Waals surface area contributed by atoms with Crippen molar-refractivity contribution in [3.63, 3.8) is 0 Å². The summed E-state index contributed by atoms with van der Waals surface area (Å²) in [5.74, 6) is 1.11. The highest BCUT2D eigenvalue weighted by Crippen LogP contribution is 2.28. The van der Waals surface area contributed by atoms with Crippen molar-refractivity contribution in [1.82, 2.24) is 14.9 Å². The fourth-order valence-electron chi connectivity index (χ4n) is 4.59. The molecule has 0 radical (unpaired) electrons. The van der Waals surface area contributed by atoms with Crippen molar-refractivity contribution < 1.29 is 18.9 Å². The molecule has 1 aromatic carbocycles. The second-order valence-corrected chi connectivity index (χ2v) is 9.29. The van der Waals surface area contributed by atoms with Crippen LogP contribution in [0.2, 0.25) is 0 Å². The largest absolute Gasteiger partial charge is 0.489 e. The molecule has 1 unspecified atom stereocenters. The van der Waals surface area contributed by atoms with Crippen molar-refractivity contribution in [3.8, 4) is 23.1 Å². The number of rotatable bonds is 9. The molecule has 2 aromatic rings. The van der Waals surface area contributed by atoms with E-state index in [2.05, 4.69) is 27.3 Å². The van der Waals surface area contributed by atoms with E-state index in [0.717, 1.165) is 69.1 Å². The number of hydrogen-bond acceptors (Lipinski definition) is 9. The molecule has 0 amide bonds. The number of nitrogens with zero attached hydrogens (tertiary/aromatic N) is 4. The van der Waals surface area contributed by atoms with Crippen LogP contribution in [-0.2, 0) is 14.2 Å². The summed E-state index contributed by atoms with van der Waals surface area (Å²) in [6.07, 6.45) is 10.3. The minimum Gasteiger partial charge on any atom is -0.489 e. The van der Waals surface area contributed by atoms with E-state index < -0.39 is 0 Å². The highest BCUT2D eigenvalue weighted by Gasteiger charge is 2.18. The second-order valence-electron chi connectivity index (χ2n) is 9.29. The van der Waals surface area contributed by atoms with Crippen LogP contribution in [0, 0.1) is 11.3 Å². The lowest BCUT2D eigenvalue weighted by Gasteiger charge is -2.27. The summed E-state index contributed by atoms with van der Waals surface area (Å²) in [7, 11) is 0. The quantitative estimate of drug-likeness (QED) is 0.550. The fourth-order valence-corrected chi connectivity index (χ4v) is 4.59. The number of nitrogens with one attached hydrogen (secondary N) is 1. The lowest BCUT2D eigenvalue weighted by molar-refractivity contribution is 0.0113. The van der Waals surface area contributed by atoms with Gasteiger partial charge in [0.25, 0.3) is 0 Å². The van der Waals surface area contributed by atoms with Gasteiger partial charge in [-0.2, -0.15) is 5.26 Å². The van der Waals surface area contributed by atoms with Gasteiger partial charge in [0.1, 0.15) is 17.9 Å². The summed E-state index contributed by atoms with van der Waals surface area (Å²) >= 11 is 0. The molecular weight excluding hydrogens is 470 g/mol. The highest BCUT2D eigenvalue weighted by atomic mass is 16.5. The average Bonchev–Trinajstić information content (AvgIpc) is 2.95. The molecule has 3 aliphatic rings. The third kappa shape index (κ3) is 7.14. The van der Waals surface area contributed by atoms with Gasteiger partial charge in [-0.15, -0.1) is 0 Å². The van der Waals surface area contributed by atoms with E-state index in [1.165, 1.54) is 0 Å². The Morgan fingerprint density at radius 3 is 2.78 bits per heavy atom. The number of allylic oxidation sites excluding steroid dienone is 2. The number of morpholine rings is 1. The molecule has 2 fully saturated rings. The van der Waals surface area contributed by atoms with Crippen LogP contribution >= 0.6 is 0 Å². The van der Waals surface area contributed by atoms with Gasteiger partial charge in [-0.25, -0.2) is 9.97 Å². The van der Waals surface area contributed by atoms with E-state index >= 15 is 0 Å². The van der Waals surface area contributed by atoms with Crippen molar-refractivity contribution in [1.29, 1.82) is 5.26 Å². The van der Waals surface area contributed by atoms with Gasteiger partial charge in [0.2, 0.25) is 5.95 Å². The van der Waals surface area contributed by atoms with Crippen molar-refractivity contribution >= 4 is 5.95 Å². The molecule has 2 aliphatic heterocycles. The molecule has 1 N–H and O–H groups in total. The Morgan fingerprint density at radius 1 is 1.11 bits per heavy atom. The molecule has 2 saturated heterocycles. The SMILES string of the molecule is N#Cc1cc(-c2ccnc(NC3=CC=CC(OCCN4CCOCC4)C3)n2)ccc1OC1CCOCC1. The molecule has 0 bridgehead atoms. The number of hydrogen-bond donors (Lipinski definition) is 1.